The molecule has 5 heteroatoms. The van der Waals surface area contributed by atoms with Crippen LogP contribution in [-0.4, -0.2) is 11.9 Å². The van der Waals surface area contributed by atoms with E-state index in [9.17, 15) is 4.79 Å². The van der Waals surface area contributed by atoms with Gasteiger partial charge < -0.3 is 16.4 Å². The number of carbonyl (C=O) groups is 1. The third-order valence-corrected chi connectivity index (χ3v) is 4.93. The van der Waals surface area contributed by atoms with Crippen LogP contribution >= 0.6 is 0 Å². The lowest BCUT2D eigenvalue weighted by atomic mass is 9.88. The van der Waals surface area contributed by atoms with Gasteiger partial charge in [-0.1, -0.05) is 49.1 Å². The van der Waals surface area contributed by atoms with Crippen LogP contribution in [0.3, 0.4) is 0 Å². The number of nitrogens with two attached hydrogens (primary N) is 1. The molecule has 1 aliphatic rings. The summed E-state index contributed by atoms with van der Waals surface area (Å²) in [4.78, 5) is 16.8. The highest BCUT2D eigenvalue weighted by Gasteiger charge is 2.20. The first-order valence-corrected chi connectivity index (χ1v) is 9.63. The van der Waals surface area contributed by atoms with Gasteiger partial charge in [0.15, 0.2) is 5.96 Å². The first-order valence-electron chi connectivity index (χ1n) is 9.63. The molecule has 0 aliphatic heterocycles. The van der Waals surface area contributed by atoms with Gasteiger partial charge in [0, 0.05) is 17.3 Å². The maximum atomic E-state index is 12.4. The lowest BCUT2D eigenvalue weighted by molar-refractivity contribution is -0.120. The van der Waals surface area contributed by atoms with Crippen molar-refractivity contribution in [2.24, 2.45) is 16.6 Å². The van der Waals surface area contributed by atoms with E-state index in [1.165, 1.54) is 12.0 Å². The van der Waals surface area contributed by atoms with E-state index >= 15 is 0 Å². The number of anilines is 2. The quantitative estimate of drug-likeness (QED) is 0.542. The molecule has 1 aliphatic carbocycles. The lowest BCUT2D eigenvalue weighted by Gasteiger charge is -2.20. The summed E-state index contributed by atoms with van der Waals surface area (Å²) in [6, 6.07) is 15.8. The van der Waals surface area contributed by atoms with Gasteiger partial charge in [0.1, 0.15) is 0 Å². The molecular formula is C22H28N4O. The molecule has 0 heterocycles. The Bertz CT molecular complexity index is 792. The van der Waals surface area contributed by atoms with Gasteiger partial charge in [-0.2, -0.15) is 0 Å². The molecule has 1 fully saturated rings. The number of hydrogen-bond acceptors (Lipinski definition) is 2. The van der Waals surface area contributed by atoms with Crippen LogP contribution in [-0.2, 0) is 11.3 Å². The average Bonchev–Trinajstić information content (AvgIpc) is 2.69. The van der Waals surface area contributed by atoms with Crippen molar-refractivity contribution < 1.29 is 4.79 Å². The van der Waals surface area contributed by atoms with Crippen LogP contribution in [0.5, 0.6) is 0 Å². The van der Waals surface area contributed by atoms with Crippen LogP contribution in [0.25, 0.3) is 0 Å². The molecule has 5 nitrogen and oxygen atoms in total. The van der Waals surface area contributed by atoms with Crippen molar-refractivity contribution in [3.05, 3.63) is 59.7 Å². The van der Waals surface area contributed by atoms with Crippen molar-refractivity contribution in [3.8, 4) is 0 Å². The number of benzene rings is 2. The fourth-order valence-electron chi connectivity index (χ4n) is 3.36. The highest BCUT2D eigenvalue weighted by atomic mass is 16.1. The monoisotopic (exact) mass is 364 g/mol. The van der Waals surface area contributed by atoms with Gasteiger partial charge in [0.2, 0.25) is 5.91 Å². The number of rotatable bonds is 5. The first-order chi connectivity index (χ1) is 13.1. The van der Waals surface area contributed by atoms with E-state index in [0.29, 0.717) is 12.5 Å². The Balaban J connectivity index is 1.56. The van der Waals surface area contributed by atoms with Crippen LogP contribution in [0.1, 0.15) is 43.2 Å². The minimum Gasteiger partial charge on any atom is -0.370 e. The molecule has 0 unspecified atom stereocenters. The summed E-state index contributed by atoms with van der Waals surface area (Å²) in [5.74, 6) is 0.654. The number of nitrogens with one attached hydrogen (secondary N) is 2. The SMILES string of the molecule is Cc1ccc(NC(N)=NCc2cccc(NC(=O)C3CCCCC3)c2)cc1. The molecule has 0 spiro atoms. The fraction of sp³-hybridized carbons (Fsp3) is 0.364. The van der Waals surface area contributed by atoms with E-state index in [2.05, 4.69) is 15.6 Å². The Morgan fingerprint density at radius 1 is 1.04 bits per heavy atom. The molecule has 0 saturated heterocycles. The molecule has 0 aromatic heterocycles. The fourth-order valence-corrected chi connectivity index (χ4v) is 3.36. The Kier molecular flexibility index (Phi) is 6.47. The zero-order chi connectivity index (χ0) is 19.1. The van der Waals surface area contributed by atoms with Crippen molar-refractivity contribution in [3.63, 3.8) is 0 Å². The van der Waals surface area contributed by atoms with E-state index in [0.717, 1.165) is 42.6 Å². The van der Waals surface area contributed by atoms with Crippen LogP contribution in [0, 0.1) is 12.8 Å². The second-order valence-corrected chi connectivity index (χ2v) is 7.22. The summed E-state index contributed by atoms with van der Waals surface area (Å²) in [6.45, 7) is 2.50. The molecule has 2 aromatic carbocycles. The molecule has 1 saturated carbocycles. The first kappa shape index (κ1) is 19.0. The van der Waals surface area contributed by atoms with Gasteiger partial charge >= 0.3 is 0 Å². The standard InChI is InChI=1S/C22H28N4O/c1-16-10-12-19(13-11-16)26-22(23)24-15-17-6-5-9-20(14-17)25-21(27)18-7-3-2-4-8-18/h5-6,9-14,18H,2-4,7-8,15H2,1H3,(H,25,27)(H3,23,24,26). The molecule has 142 valence electrons. The third-order valence-electron chi connectivity index (χ3n) is 4.93. The topological polar surface area (TPSA) is 79.5 Å². The number of guanidine groups is 1. The number of hydrogen-bond donors (Lipinski definition) is 3. The zero-order valence-corrected chi connectivity index (χ0v) is 15.9. The van der Waals surface area contributed by atoms with Gasteiger partial charge in [0.05, 0.1) is 6.54 Å². The van der Waals surface area contributed by atoms with E-state index in [4.69, 9.17) is 5.73 Å². The van der Waals surface area contributed by atoms with Crippen molar-refractivity contribution >= 4 is 23.2 Å². The molecule has 27 heavy (non-hydrogen) atoms. The van der Waals surface area contributed by atoms with Gasteiger partial charge in [-0.05, 0) is 49.6 Å². The number of carbonyl (C=O) groups excluding carboxylic acids is 1. The van der Waals surface area contributed by atoms with Gasteiger partial charge in [-0.25, -0.2) is 4.99 Å². The maximum Gasteiger partial charge on any atom is 0.227 e. The Hall–Kier alpha value is -2.82. The van der Waals surface area contributed by atoms with Crippen LogP contribution < -0.4 is 16.4 Å². The Labute approximate surface area is 161 Å². The zero-order valence-electron chi connectivity index (χ0n) is 15.9. The Morgan fingerprint density at radius 3 is 2.52 bits per heavy atom. The summed E-state index contributed by atoms with van der Waals surface area (Å²) in [7, 11) is 0. The van der Waals surface area contributed by atoms with E-state index < -0.39 is 0 Å². The van der Waals surface area contributed by atoms with Crippen LogP contribution in [0.4, 0.5) is 11.4 Å². The number of aliphatic imine (C=N–C) groups is 1. The predicted molar refractivity (Wildman–Crippen MR) is 112 cm³/mol. The minimum atomic E-state index is 0.135. The van der Waals surface area contributed by atoms with Gasteiger partial charge in [-0.15, -0.1) is 0 Å². The van der Waals surface area contributed by atoms with E-state index in [1.54, 1.807) is 0 Å². The largest absolute Gasteiger partial charge is 0.370 e. The summed E-state index contributed by atoms with van der Waals surface area (Å²) in [5, 5.41) is 6.14. The number of nitrogens with zero attached hydrogens (tertiary/aromatic N) is 1. The number of aryl methyl sites for hydroxylation is 1. The molecule has 0 atom stereocenters. The molecule has 2 aromatic rings. The van der Waals surface area contributed by atoms with E-state index in [-0.39, 0.29) is 11.8 Å². The van der Waals surface area contributed by atoms with E-state index in [1.807, 2.05) is 55.5 Å². The van der Waals surface area contributed by atoms with Gasteiger partial charge in [0.25, 0.3) is 0 Å². The Morgan fingerprint density at radius 2 is 1.78 bits per heavy atom. The molecule has 0 bridgehead atoms. The molecule has 0 radical (unpaired) electrons. The predicted octanol–water partition coefficient (Wildman–Crippen LogP) is 4.44. The molecule has 1 amide bonds. The molecule has 3 rings (SSSR count). The lowest BCUT2D eigenvalue weighted by Crippen LogP contribution is -2.24. The van der Waals surface area contributed by atoms with Crippen LogP contribution in [0.2, 0.25) is 0 Å². The summed E-state index contributed by atoms with van der Waals surface area (Å²) >= 11 is 0. The van der Waals surface area contributed by atoms with Gasteiger partial charge in [-0.3, -0.25) is 4.79 Å². The number of amides is 1. The van der Waals surface area contributed by atoms with Crippen LogP contribution in [0.15, 0.2) is 53.5 Å². The summed E-state index contributed by atoms with van der Waals surface area (Å²) < 4.78 is 0. The second-order valence-electron chi connectivity index (χ2n) is 7.22. The van der Waals surface area contributed by atoms with Crippen molar-refractivity contribution in [1.82, 2.24) is 0 Å². The molecular weight excluding hydrogens is 336 g/mol. The highest BCUT2D eigenvalue weighted by Crippen LogP contribution is 2.25. The highest BCUT2D eigenvalue weighted by molar-refractivity contribution is 5.93. The second kappa shape index (κ2) is 9.21. The smallest absolute Gasteiger partial charge is 0.227 e. The van der Waals surface area contributed by atoms with Crippen molar-refractivity contribution in [2.75, 3.05) is 10.6 Å². The third kappa shape index (κ3) is 5.84. The maximum absolute atomic E-state index is 12.4. The van der Waals surface area contributed by atoms with Crippen molar-refractivity contribution in [1.29, 1.82) is 0 Å². The minimum absolute atomic E-state index is 0.135. The summed E-state index contributed by atoms with van der Waals surface area (Å²) in [5.41, 5.74) is 9.91. The summed E-state index contributed by atoms with van der Waals surface area (Å²) in [6.07, 6.45) is 5.55. The average molecular weight is 364 g/mol. The normalized spacial score (nSPS) is 15.4. The molecule has 4 N–H and O–H groups in total. The van der Waals surface area contributed by atoms with Crippen molar-refractivity contribution in [2.45, 2.75) is 45.6 Å².